The molecule has 1 N–H and O–H groups in total. The van der Waals surface area contributed by atoms with Gasteiger partial charge in [0.25, 0.3) is 0 Å². The maximum atomic E-state index is 13.0. The van der Waals surface area contributed by atoms with Gasteiger partial charge in [0, 0.05) is 42.7 Å². The SMILES string of the molecule is CC(COC(=O)N1CCC(n2c(=O)[nH]c3ccccc32)CC1)N(Cc1ccccc1)Cc1ccc(Br)cc1.Cl. The van der Waals surface area contributed by atoms with Crippen molar-refractivity contribution < 1.29 is 9.53 Å². The Morgan fingerprint density at radius 1 is 0.974 bits per heavy atom. The first-order valence-corrected chi connectivity index (χ1v) is 13.9. The number of para-hydroxylation sites is 2. The van der Waals surface area contributed by atoms with Gasteiger partial charge in [-0.1, -0.05) is 70.5 Å². The largest absolute Gasteiger partial charge is 0.448 e. The summed E-state index contributed by atoms with van der Waals surface area (Å²) in [5, 5.41) is 0. The highest BCUT2D eigenvalue weighted by atomic mass is 79.9. The monoisotopic (exact) mass is 612 g/mol. The lowest BCUT2D eigenvalue weighted by Crippen LogP contribution is -2.42. The van der Waals surface area contributed by atoms with E-state index in [0.717, 1.165) is 41.4 Å². The Morgan fingerprint density at radius 3 is 2.28 bits per heavy atom. The van der Waals surface area contributed by atoms with Crippen molar-refractivity contribution in [3.05, 3.63) is 105 Å². The fraction of sp³-hybridized carbons (Fsp3) is 0.333. The third-order valence-electron chi connectivity index (χ3n) is 7.31. The maximum absolute atomic E-state index is 13.0. The number of nitrogens with one attached hydrogen (secondary N) is 1. The Kier molecular flexibility index (Phi) is 9.88. The number of amides is 1. The number of ether oxygens (including phenoxy) is 1. The van der Waals surface area contributed by atoms with Crippen LogP contribution in [-0.2, 0) is 17.8 Å². The molecule has 1 amide bonds. The highest BCUT2D eigenvalue weighted by molar-refractivity contribution is 9.10. The quantitative estimate of drug-likeness (QED) is 0.250. The standard InChI is InChI=1S/C30H33BrN4O3.ClH/c1-22(34(19-23-7-3-2-4-8-23)20-24-11-13-25(31)14-12-24)21-38-30(37)33-17-15-26(16-18-33)35-28-10-6-5-9-27(28)32-29(35)36;/h2-14,22,26H,15-21H2,1H3,(H,32,36);1H. The van der Waals surface area contributed by atoms with Crippen LogP contribution < -0.4 is 5.69 Å². The summed E-state index contributed by atoms with van der Waals surface area (Å²) in [6.07, 6.45) is 1.15. The first kappa shape index (κ1) is 28.9. The number of hydrogen-bond acceptors (Lipinski definition) is 4. The molecule has 0 radical (unpaired) electrons. The number of fused-ring (bicyclic) bond motifs is 1. The number of likely N-dealkylation sites (tertiary alicyclic amines) is 1. The topological polar surface area (TPSA) is 70.6 Å². The van der Waals surface area contributed by atoms with E-state index < -0.39 is 0 Å². The smallest absolute Gasteiger partial charge is 0.409 e. The Morgan fingerprint density at radius 2 is 1.59 bits per heavy atom. The van der Waals surface area contributed by atoms with E-state index in [2.05, 4.69) is 69.1 Å². The fourth-order valence-electron chi connectivity index (χ4n) is 5.14. The molecule has 1 aliphatic heterocycles. The normalized spacial score (nSPS) is 14.8. The van der Waals surface area contributed by atoms with E-state index in [1.54, 1.807) is 4.90 Å². The number of piperidine rings is 1. The van der Waals surface area contributed by atoms with E-state index in [1.807, 2.05) is 47.0 Å². The van der Waals surface area contributed by atoms with Crippen molar-refractivity contribution in [1.29, 1.82) is 0 Å². The molecule has 0 spiro atoms. The van der Waals surface area contributed by atoms with Crippen LogP contribution in [-0.4, -0.2) is 51.2 Å². The van der Waals surface area contributed by atoms with Gasteiger partial charge in [0.05, 0.1) is 11.0 Å². The van der Waals surface area contributed by atoms with E-state index >= 15 is 0 Å². The summed E-state index contributed by atoms with van der Waals surface area (Å²) in [7, 11) is 0. The molecule has 7 nitrogen and oxygen atoms in total. The Bertz CT molecular complexity index is 1420. The number of carbonyl (C=O) groups is 1. The predicted octanol–water partition coefficient (Wildman–Crippen LogP) is 6.38. The summed E-state index contributed by atoms with van der Waals surface area (Å²) in [5.41, 5.74) is 4.09. The van der Waals surface area contributed by atoms with Gasteiger partial charge in [-0.2, -0.15) is 0 Å². The summed E-state index contributed by atoms with van der Waals surface area (Å²) in [4.78, 5) is 32.6. The average molecular weight is 614 g/mol. The van der Waals surface area contributed by atoms with Crippen LogP contribution in [0.3, 0.4) is 0 Å². The molecule has 39 heavy (non-hydrogen) atoms. The first-order valence-electron chi connectivity index (χ1n) is 13.1. The lowest BCUT2D eigenvalue weighted by atomic mass is 10.0. The zero-order valence-corrected chi connectivity index (χ0v) is 24.4. The average Bonchev–Trinajstić information content (AvgIpc) is 3.28. The molecular formula is C30H34BrClN4O3. The van der Waals surface area contributed by atoms with Crippen LogP contribution in [0.1, 0.15) is 36.9 Å². The summed E-state index contributed by atoms with van der Waals surface area (Å²) < 4.78 is 8.69. The molecule has 0 aliphatic carbocycles. The lowest BCUT2D eigenvalue weighted by molar-refractivity contribution is 0.0567. The molecule has 1 unspecified atom stereocenters. The predicted molar refractivity (Wildman–Crippen MR) is 160 cm³/mol. The summed E-state index contributed by atoms with van der Waals surface area (Å²) in [5.74, 6) is 0. The number of halogens is 2. The van der Waals surface area contributed by atoms with Crippen molar-refractivity contribution in [2.75, 3.05) is 19.7 Å². The Balaban J connectivity index is 0.00000353. The van der Waals surface area contributed by atoms with Crippen molar-refractivity contribution >= 4 is 45.5 Å². The van der Waals surface area contributed by atoms with E-state index in [9.17, 15) is 9.59 Å². The highest BCUT2D eigenvalue weighted by Crippen LogP contribution is 2.25. The molecule has 5 rings (SSSR count). The second kappa shape index (κ2) is 13.3. The number of H-pyrrole nitrogens is 1. The minimum atomic E-state index is -0.287. The number of nitrogens with zero attached hydrogens (tertiary/aromatic N) is 3. The molecule has 2 heterocycles. The van der Waals surface area contributed by atoms with Gasteiger partial charge >= 0.3 is 11.8 Å². The number of carbonyl (C=O) groups excluding carboxylic acids is 1. The Hall–Kier alpha value is -3.07. The number of hydrogen-bond donors (Lipinski definition) is 1. The molecule has 0 bridgehead atoms. The zero-order chi connectivity index (χ0) is 26.5. The minimum absolute atomic E-state index is 0. The van der Waals surface area contributed by atoms with E-state index in [4.69, 9.17) is 4.74 Å². The first-order chi connectivity index (χ1) is 18.5. The van der Waals surface area contributed by atoms with Crippen LogP contribution >= 0.6 is 28.3 Å². The van der Waals surface area contributed by atoms with Crippen molar-refractivity contribution in [2.45, 2.75) is 44.9 Å². The molecule has 206 valence electrons. The number of benzene rings is 3. The minimum Gasteiger partial charge on any atom is -0.448 e. The maximum Gasteiger partial charge on any atom is 0.409 e. The third kappa shape index (κ3) is 7.12. The van der Waals surface area contributed by atoms with Crippen LogP contribution in [0.2, 0.25) is 0 Å². The molecule has 1 saturated heterocycles. The van der Waals surface area contributed by atoms with E-state index in [-0.39, 0.29) is 36.3 Å². The lowest BCUT2D eigenvalue weighted by Gasteiger charge is -2.33. The van der Waals surface area contributed by atoms with Gasteiger partial charge in [0.2, 0.25) is 0 Å². The molecule has 3 aromatic carbocycles. The van der Waals surface area contributed by atoms with Gasteiger partial charge in [-0.25, -0.2) is 9.59 Å². The summed E-state index contributed by atoms with van der Waals surface area (Å²) in [6, 6.07) is 26.5. The summed E-state index contributed by atoms with van der Waals surface area (Å²) >= 11 is 3.51. The molecule has 9 heteroatoms. The van der Waals surface area contributed by atoms with Crippen LogP contribution in [0.15, 0.2) is 88.1 Å². The number of aromatic nitrogens is 2. The number of rotatable bonds is 8. The fourth-order valence-corrected chi connectivity index (χ4v) is 5.41. The number of imidazole rings is 1. The van der Waals surface area contributed by atoms with Crippen molar-refractivity contribution in [3.63, 3.8) is 0 Å². The highest BCUT2D eigenvalue weighted by Gasteiger charge is 2.27. The second-order valence-electron chi connectivity index (χ2n) is 9.98. The van der Waals surface area contributed by atoms with E-state index in [0.29, 0.717) is 19.7 Å². The van der Waals surface area contributed by atoms with Crippen LogP contribution in [0.25, 0.3) is 11.0 Å². The Labute approximate surface area is 243 Å². The molecule has 4 aromatic rings. The van der Waals surface area contributed by atoms with Gasteiger partial charge in [-0.15, -0.1) is 12.4 Å². The van der Waals surface area contributed by atoms with Crippen LogP contribution in [0.5, 0.6) is 0 Å². The van der Waals surface area contributed by atoms with Gasteiger partial charge in [-0.3, -0.25) is 9.47 Å². The molecule has 1 fully saturated rings. The molecule has 1 atom stereocenters. The van der Waals surface area contributed by atoms with Crippen molar-refractivity contribution in [2.24, 2.45) is 0 Å². The van der Waals surface area contributed by atoms with Gasteiger partial charge in [0.1, 0.15) is 6.61 Å². The van der Waals surface area contributed by atoms with Gasteiger partial charge in [0.15, 0.2) is 0 Å². The van der Waals surface area contributed by atoms with Gasteiger partial charge in [-0.05, 0) is 55.2 Å². The van der Waals surface area contributed by atoms with Crippen LogP contribution in [0, 0.1) is 0 Å². The zero-order valence-electron chi connectivity index (χ0n) is 22.0. The van der Waals surface area contributed by atoms with Crippen molar-refractivity contribution in [3.8, 4) is 0 Å². The third-order valence-corrected chi connectivity index (χ3v) is 7.84. The molecule has 1 aliphatic rings. The van der Waals surface area contributed by atoms with E-state index in [1.165, 1.54) is 11.1 Å². The van der Waals surface area contributed by atoms with Gasteiger partial charge < -0.3 is 14.6 Å². The number of aromatic amines is 1. The second-order valence-corrected chi connectivity index (χ2v) is 10.9. The van der Waals surface area contributed by atoms with Crippen molar-refractivity contribution in [1.82, 2.24) is 19.4 Å². The molecule has 0 saturated carbocycles. The molecular weight excluding hydrogens is 580 g/mol. The molecule has 1 aromatic heterocycles. The van der Waals surface area contributed by atoms with Crippen LogP contribution in [0.4, 0.5) is 4.79 Å². The summed E-state index contributed by atoms with van der Waals surface area (Å²) in [6.45, 7) is 5.06.